The number of ether oxygens (including phenoxy) is 4. The zero-order valence-corrected chi connectivity index (χ0v) is 26.4. The minimum Gasteiger partial charge on any atom is -0.504 e. The molecule has 2 aliphatic heterocycles. The van der Waals surface area contributed by atoms with E-state index in [0.717, 1.165) is 0 Å². The smallest absolute Gasteiger partial charge is 0.329 e. The molecule has 0 saturated carbocycles. The van der Waals surface area contributed by atoms with Crippen LogP contribution in [0.15, 0.2) is 36.4 Å². The van der Waals surface area contributed by atoms with Crippen molar-refractivity contribution in [2.24, 2.45) is 0 Å². The van der Waals surface area contributed by atoms with E-state index >= 15 is 0 Å². The van der Waals surface area contributed by atoms with Crippen LogP contribution >= 0.6 is 11.8 Å². The molecule has 45 heavy (non-hydrogen) atoms. The number of aromatic hydroxyl groups is 2. The van der Waals surface area contributed by atoms with E-state index in [0.29, 0.717) is 72.1 Å². The maximum atomic E-state index is 14.0. The molecule has 0 aliphatic carbocycles. The van der Waals surface area contributed by atoms with Gasteiger partial charge in [0.1, 0.15) is 30.0 Å². The fourth-order valence-electron chi connectivity index (χ4n) is 5.56. The Kier molecular flexibility index (Phi) is 11.5. The number of benzene rings is 2. The molecule has 0 bridgehead atoms. The summed E-state index contributed by atoms with van der Waals surface area (Å²) in [4.78, 5) is 41.8. The van der Waals surface area contributed by atoms with Gasteiger partial charge in [0.2, 0.25) is 11.8 Å². The summed E-state index contributed by atoms with van der Waals surface area (Å²) in [7, 11) is 4.59. The highest BCUT2D eigenvalue weighted by atomic mass is 32.2. The Morgan fingerprint density at radius 3 is 2.38 bits per heavy atom. The van der Waals surface area contributed by atoms with Crippen LogP contribution in [0.4, 0.5) is 0 Å². The van der Waals surface area contributed by atoms with Gasteiger partial charge in [-0.2, -0.15) is 11.8 Å². The van der Waals surface area contributed by atoms with Crippen LogP contribution in [0.5, 0.6) is 28.7 Å². The number of nitrogens with one attached hydrogen (secondary N) is 1. The predicted molar refractivity (Wildman–Crippen MR) is 168 cm³/mol. The number of aliphatic hydroxyl groups excluding tert-OH is 1. The van der Waals surface area contributed by atoms with Gasteiger partial charge in [0.15, 0.2) is 23.0 Å². The van der Waals surface area contributed by atoms with Crippen molar-refractivity contribution < 1.29 is 48.7 Å². The summed E-state index contributed by atoms with van der Waals surface area (Å²) in [5.74, 6) is 0.533. The highest BCUT2D eigenvalue weighted by Gasteiger charge is 2.48. The van der Waals surface area contributed by atoms with Crippen molar-refractivity contribution in [1.29, 1.82) is 0 Å². The van der Waals surface area contributed by atoms with Crippen molar-refractivity contribution in [1.82, 2.24) is 10.2 Å². The molecule has 4 N–H and O–H groups in total. The molecule has 2 fully saturated rings. The average molecular weight is 645 g/mol. The molecular weight excluding hydrogens is 604 g/mol. The zero-order chi connectivity index (χ0) is 32.6. The van der Waals surface area contributed by atoms with Crippen LogP contribution < -0.4 is 19.5 Å². The number of hydrogen-bond acceptors (Lipinski definition) is 11. The van der Waals surface area contributed by atoms with Crippen LogP contribution in [-0.4, -0.2) is 102 Å². The van der Waals surface area contributed by atoms with Gasteiger partial charge in [-0.25, -0.2) is 4.79 Å². The fourth-order valence-corrected chi connectivity index (χ4v) is 6.75. The number of hydrogen-bond donors (Lipinski definition) is 4. The number of amides is 2. The Hall–Kier alpha value is -4.10. The number of likely N-dealkylation sites (tertiary alicyclic amines) is 1. The number of esters is 1. The first-order valence-corrected chi connectivity index (χ1v) is 15.8. The first-order valence-electron chi connectivity index (χ1n) is 14.7. The Bertz CT molecular complexity index is 1410. The molecule has 0 aromatic heterocycles. The van der Waals surface area contributed by atoms with Gasteiger partial charge in [-0.05, 0) is 67.0 Å². The molecule has 0 spiro atoms. The fraction of sp³-hybridized carbons (Fsp3) is 0.469. The highest BCUT2D eigenvalue weighted by Crippen LogP contribution is 2.36. The van der Waals surface area contributed by atoms with Gasteiger partial charge in [0.05, 0.1) is 21.3 Å². The van der Waals surface area contributed by atoms with E-state index in [2.05, 4.69) is 5.32 Å². The maximum Gasteiger partial charge on any atom is 0.329 e. The van der Waals surface area contributed by atoms with Crippen LogP contribution in [0.3, 0.4) is 0 Å². The van der Waals surface area contributed by atoms with Crippen LogP contribution in [0.2, 0.25) is 0 Å². The lowest BCUT2D eigenvalue weighted by molar-refractivity contribution is -0.155. The van der Waals surface area contributed by atoms with Gasteiger partial charge in [-0.15, -0.1) is 0 Å². The van der Waals surface area contributed by atoms with E-state index in [-0.39, 0.29) is 30.4 Å². The third-order valence-electron chi connectivity index (χ3n) is 8.03. The largest absolute Gasteiger partial charge is 0.504 e. The number of phenolic OH excluding ortho intramolecular Hbond substituents is 2. The summed E-state index contributed by atoms with van der Waals surface area (Å²) < 4.78 is 21.6. The number of nitrogens with zero attached hydrogens (tertiary/aromatic N) is 1. The normalized spacial score (nSPS) is 18.3. The summed E-state index contributed by atoms with van der Waals surface area (Å²) in [5.41, 5.74) is -0.137. The van der Waals surface area contributed by atoms with Gasteiger partial charge >= 0.3 is 5.97 Å². The lowest BCUT2D eigenvalue weighted by Crippen LogP contribution is -2.64. The first-order chi connectivity index (χ1) is 21.6. The topological polar surface area (TPSA) is 164 Å². The van der Waals surface area contributed by atoms with E-state index in [4.69, 9.17) is 18.9 Å². The van der Waals surface area contributed by atoms with Gasteiger partial charge in [-0.3, -0.25) is 9.59 Å². The van der Waals surface area contributed by atoms with Crippen LogP contribution in [0, 0.1) is 0 Å². The Morgan fingerprint density at radius 1 is 1.02 bits per heavy atom. The van der Waals surface area contributed by atoms with Crippen LogP contribution in [0.1, 0.15) is 36.8 Å². The van der Waals surface area contributed by atoms with Crippen LogP contribution in [-0.2, 0) is 25.5 Å². The molecule has 2 atom stereocenters. The monoisotopic (exact) mass is 644 g/mol. The lowest BCUT2D eigenvalue weighted by atomic mass is 9.89. The maximum absolute atomic E-state index is 14.0. The summed E-state index contributed by atoms with van der Waals surface area (Å²) in [6, 6.07) is 6.67. The third-order valence-corrected chi connectivity index (χ3v) is 9.02. The molecule has 0 radical (unpaired) electrons. The van der Waals surface area contributed by atoms with Crippen molar-refractivity contribution in [3.8, 4) is 28.7 Å². The van der Waals surface area contributed by atoms with Crippen molar-refractivity contribution in [3.63, 3.8) is 0 Å². The quantitative estimate of drug-likeness (QED) is 0.198. The summed E-state index contributed by atoms with van der Waals surface area (Å²) >= 11 is 1.66. The van der Waals surface area contributed by atoms with E-state index in [1.165, 1.54) is 44.4 Å². The molecular formula is C32H40N2O10S. The number of phenols is 2. The molecule has 2 heterocycles. The Morgan fingerprint density at radius 2 is 1.71 bits per heavy atom. The minimum absolute atomic E-state index is 0.0353. The number of thioether (sulfide) groups is 1. The molecule has 2 aliphatic rings. The van der Waals surface area contributed by atoms with Crippen molar-refractivity contribution in [2.75, 3.05) is 46.0 Å². The van der Waals surface area contributed by atoms with Crippen molar-refractivity contribution in [2.45, 2.75) is 49.8 Å². The second kappa shape index (κ2) is 15.3. The molecule has 2 amide bonds. The predicted octanol–water partition coefficient (Wildman–Crippen LogP) is 2.66. The summed E-state index contributed by atoms with van der Waals surface area (Å²) in [6.07, 6.45) is 3.52. The average Bonchev–Trinajstić information content (AvgIpc) is 3.54. The van der Waals surface area contributed by atoms with Gasteiger partial charge in [0.25, 0.3) is 0 Å². The molecule has 2 aromatic rings. The first kappa shape index (κ1) is 33.8. The number of carbonyl (C=O) groups excluding carboxylic acids is 3. The Labute approximate surface area is 266 Å². The molecule has 244 valence electrons. The second-order valence-corrected chi connectivity index (χ2v) is 12.1. The van der Waals surface area contributed by atoms with E-state index in [1.807, 2.05) is 0 Å². The minimum atomic E-state index is -1.50. The van der Waals surface area contributed by atoms with Crippen LogP contribution in [0.25, 0.3) is 6.08 Å². The molecule has 2 aromatic carbocycles. The molecule has 12 nitrogen and oxygen atoms in total. The van der Waals surface area contributed by atoms with E-state index in [9.17, 15) is 29.7 Å². The standard InChI is InChI=1S/C32H40N2O10S/c1-41-26-19-28(43-3)27(42-2)18-21(26)6-5-13-44-30(39)22-7-4-12-34(22)31(40)32(10-14-45-15-11-32)33-29(38)25(37)17-20-8-9-23(35)24(36)16-20/h5-6,8-9,16,18-19,22,25,35-37H,4,7,10-15,17H2,1-3H3,(H,33,38)/b6-5+. The number of rotatable bonds is 12. The molecule has 2 saturated heterocycles. The van der Waals surface area contributed by atoms with Gasteiger partial charge in [0, 0.05) is 24.6 Å². The Balaban J connectivity index is 1.41. The summed E-state index contributed by atoms with van der Waals surface area (Å²) in [6.45, 7) is 0.309. The molecule has 2 unspecified atom stereocenters. The highest BCUT2D eigenvalue weighted by molar-refractivity contribution is 7.99. The molecule has 13 heteroatoms. The number of aliphatic hydroxyl groups is 1. The van der Waals surface area contributed by atoms with Crippen molar-refractivity contribution >= 4 is 35.6 Å². The zero-order valence-electron chi connectivity index (χ0n) is 25.6. The van der Waals surface area contributed by atoms with Crippen molar-refractivity contribution in [3.05, 3.63) is 47.5 Å². The summed E-state index contributed by atoms with van der Waals surface area (Å²) in [5, 5.41) is 32.8. The lowest BCUT2D eigenvalue weighted by Gasteiger charge is -2.40. The van der Waals surface area contributed by atoms with Gasteiger partial charge in [-0.1, -0.05) is 12.1 Å². The van der Waals surface area contributed by atoms with E-state index < -0.39 is 29.6 Å². The third kappa shape index (κ3) is 7.95. The number of methoxy groups -OCH3 is 3. The molecule has 4 rings (SSSR count). The number of carbonyl (C=O) groups is 3. The van der Waals surface area contributed by atoms with Gasteiger partial charge < -0.3 is 44.5 Å². The second-order valence-electron chi connectivity index (χ2n) is 10.9. The van der Waals surface area contributed by atoms with E-state index in [1.54, 1.807) is 36.0 Å². The SMILES string of the molecule is COc1cc(OC)c(OC)cc1/C=C/COC(=O)C1CCCN1C(=O)C1(NC(=O)C(O)Cc2ccc(O)c(O)c2)CCSCC1.